The molecule has 1 heterocycles. The van der Waals surface area contributed by atoms with Crippen molar-refractivity contribution in [1.82, 2.24) is 10.2 Å². The van der Waals surface area contributed by atoms with Gasteiger partial charge in [-0.2, -0.15) is 0 Å². The lowest BCUT2D eigenvalue weighted by atomic mass is 10.3. The molecule has 1 N–H and O–H groups in total. The molecule has 1 rings (SSSR count). The molecule has 1 amide bonds. The van der Waals surface area contributed by atoms with Crippen molar-refractivity contribution in [2.24, 2.45) is 0 Å². The van der Waals surface area contributed by atoms with Crippen LogP contribution in [0.15, 0.2) is 5.51 Å². The fourth-order valence-corrected chi connectivity index (χ4v) is 1.45. The lowest BCUT2D eigenvalue weighted by Gasteiger charge is -2.09. The number of carboxylic acid groups (broad SMARTS) is 1. The van der Waals surface area contributed by atoms with Crippen molar-refractivity contribution in [2.75, 3.05) is 4.31 Å². The Morgan fingerprint density at radius 1 is 1.57 bits per heavy atom. The number of hydrogen-bond acceptors (Lipinski definition) is 6. The Labute approximate surface area is 89.1 Å². The van der Waals surface area contributed by atoms with E-state index >= 15 is 0 Å². The first-order valence-electron chi connectivity index (χ1n) is 3.61. The Kier molecular flexibility index (Phi) is 3.84. The molecule has 0 fully saturated rings. The van der Waals surface area contributed by atoms with Crippen molar-refractivity contribution in [3.63, 3.8) is 0 Å². The Hall–Kier alpha value is -1.15. The second-order valence-corrected chi connectivity index (χ2v) is 3.53. The minimum Gasteiger partial charge on any atom is -0.481 e. The van der Waals surface area contributed by atoms with Crippen LogP contribution in [-0.2, 0) is 9.59 Å². The SMILES string of the molecule is O=C(O)CCC(=O)N(S)c1nncs1. The van der Waals surface area contributed by atoms with Crippen LogP contribution in [0.25, 0.3) is 0 Å². The maximum Gasteiger partial charge on any atom is 0.303 e. The second kappa shape index (κ2) is 4.91. The van der Waals surface area contributed by atoms with Gasteiger partial charge < -0.3 is 5.11 Å². The highest BCUT2D eigenvalue weighted by molar-refractivity contribution is 7.83. The van der Waals surface area contributed by atoms with E-state index in [0.717, 1.165) is 15.6 Å². The Morgan fingerprint density at radius 2 is 2.29 bits per heavy atom. The van der Waals surface area contributed by atoms with Gasteiger partial charge in [-0.25, -0.2) is 4.31 Å². The van der Waals surface area contributed by atoms with Gasteiger partial charge in [0.2, 0.25) is 11.0 Å². The summed E-state index contributed by atoms with van der Waals surface area (Å²) >= 11 is 5.03. The largest absolute Gasteiger partial charge is 0.481 e. The van der Waals surface area contributed by atoms with Crippen molar-refractivity contribution in [2.45, 2.75) is 12.8 Å². The standard InChI is InChI=1S/C6H7N3O3S2/c10-4(1-2-5(11)12)9(13)6-8-7-3-14-6/h3,13H,1-2H2,(H,11,12). The van der Waals surface area contributed by atoms with Crippen LogP contribution in [0.5, 0.6) is 0 Å². The summed E-state index contributed by atoms with van der Waals surface area (Å²) < 4.78 is 1.00. The summed E-state index contributed by atoms with van der Waals surface area (Å²) in [6, 6.07) is 0. The van der Waals surface area contributed by atoms with Gasteiger partial charge in [0.25, 0.3) is 0 Å². The Morgan fingerprint density at radius 3 is 2.79 bits per heavy atom. The molecule has 0 saturated carbocycles. The normalized spacial score (nSPS) is 9.79. The van der Waals surface area contributed by atoms with E-state index in [1.165, 1.54) is 5.51 Å². The van der Waals surface area contributed by atoms with Crippen LogP contribution in [0.3, 0.4) is 0 Å². The predicted molar refractivity (Wildman–Crippen MR) is 53.3 cm³/mol. The number of carbonyl (C=O) groups excluding carboxylic acids is 1. The van der Waals surface area contributed by atoms with Crippen LogP contribution in [0, 0.1) is 0 Å². The van der Waals surface area contributed by atoms with Gasteiger partial charge in [-0.3, -0.25) is 9.59 Å². The molecular weight excluding hydrogens is 226 g/mol. The fraction of sp³-hybridized carbons (Fsp3) is 0.333. The summed E-state index contributed by atoms with van der Waals surface area (Å²) in [5.74, 6) is -1.43. The zero-order chi connectivity index (χ0) is 10.6. The highest BCUT2D eigenvalue weighted by atomic mass is 32.1. The van der Waals surface area contributed by atoms with Crippen LogP contribution in [0.4, 0.5) is 5.13 Å². The molecule has 1 aromatic rings. The first-order valence-corrected chi connectivity index (χ1v) is 4.89. The van der Waals surface area contributed by atoms with Crippen LogP contribution in [0.2, 0.25) is 0 Å². The number of rotatable bonds is 4. The summed E-state index contributed by atoms with van der Waals surface area (Å²) in [6.45, 7) is 0. The second-order valence-electron chi connectivity index (χ2n) is 2.32. The van der Waals surface area contributed by atoms with Gasteiger partial charge in [0.1, 0.15) is 5.51 Å². The minimum absolute atomic E-state index is 0.0988. The van der Waals surface area contributed by atoms with E-state index in [0.29, 0.717) is 5.13 Å². The summed E-state index contributed by atoms with van der Waals surface area (Å²) in [6.07, 6.45) is -0.312. The minimum atomic E-state index is -1.02. The average Bonchev–Trinajstić information content (AvgIpc) is 2.65. The molecular formula is C6H7N3O3S2. The van der Waals surface area contributed by atoms with Crippen molar-refractivity contribution >= 4 is 41.2 Å². The average molecular weight is 233 g/mol. The van der Waals surface area contributed by atoms with E-state index in [1.54, 1.807) is 0 Å². The topological polar surface area (TPSA) is 83.4 Å². The molecule has 0 saturated heterocycles. The lowest BCUT2D eigenvalue weighted by molar-refractivity contribution is -0.138. The maximum atomic E-state index is 11.3. The third-order valence-electron chi connectivity index (χ3n) is 1.32. The van der Waals surface area contributed by atoms with E-state index in [1.807, 2.05) is 0 Å². The van der Waals surface area contributed by atoms with Crippen LogP contribution >= 0.6 is 24.2 Å². The Bertz CT molecular complexity index is 327. The highest BCUT2D eigenvalue weighted by Gasteiger charge is 2.15. The summed E-state index contributed by atoms with van der Waals surface area (Å²) in [7, 11) is 0. The van der Waals surface area contributed by atoms with Gasteiger partial charge in [0.15, 0.2) is 0 Å². The zero-order valence-corrected chi connectivity index (χ0v) is 8.66. The summed E-state index contributed by atoms with van der Waals surface area (Å²) in [5, 5.41) is 15.8. The Balaban J connectivity index is 2.49. The molecule has 0 bridgehead atoms. The zero-order valence-electron chi connectivity index (χ0n) is 6.95. The number of aliphatic carboxylic acids is 1. The number of amides is 1. The molecule has 76 valence electrons. The first-order chi connectivity index (χ1) is 6.61. The third-order valence-corrected chi connectivity index (χ3v) is 2.54. The van der Waals surface area contributed by atoms with Gasteiger partial charge in [-0.05, 0) is 0 Å². The van der Waals surface area contributed by atoms with E-state index in [9.17, 15) is 9.59 Å². The smallest absolute Gasteiger partial charge is 0.303 e. The van der Waals surface area contributed by atoms with Crippen LogP contribution < -0.4 is 4.31 Å². The van der Waals surface area contributed by atoms with Crippen molar-refractivity contribution < 1.29 is 14.7 Å². The van der Waals surface area contributed by atoms with Gasteiger partial charge in [-0.1, -0.05) is 24.2 Å². The van der Waals surface area contributed by atoms with Crippen molar-refractivity contribution in [1.29, 1.82) is 0 Å². The van der Waals surface area contributed by atoms with E-state index < -0.39 is 11.9 Å². The number of anilines is 1. The molecule has 0 atom stereocenters. The number of carboxylic acids is 1. The van der Waals surface area contributed by atoms with Crippen molar-refractivity contribution in [3.05, 3.63) is 5.51 Å². The lowest BCUT2D eigenvalue weighted by Crippen LogP contribution is -2.21. The quantitative estimate of drug-likeness (QED) is 0.743. The molecule has 0 unspecified atom stereocenters. The van der Waals surface area contributed by atoms with Crippen LogP contribution in [-0.4, -0.2) is 27.2 Å². The number of thiol groups is 1. The van der Waals surface area contributed by atoms with E-state index in [4.69, 9.17) is 5.11 Å². The molecule has 6 nitrogen and oxygen atoms in total. The molecule has 0 aromatic carbocycles. The number of hydrogen-bond donors (Lipinski definition) is 2. The van der Waals surface area contributed by atoms with Crippen LogP contribution in [0.1, 0.15) is 12.8 Å². The monoisotopic (exact) mass is 233 g/mol. The van der Waals surface area contributed by atoms with Gasteiger partial charge in [-0.15, -0.1) is 10.2 Å². The van der Waals surface area contributed by atoms with E-state index in [2.05, 4.69) is 23.0 Å². The summed E-state index contributed by atoms with van der Waals surface area (Å²) in [4.78, 5) is 21.5. The fourth-order valence-electron chi connectivity index (χ4n) is 0.686. The molecule has 0 aliphatic carbocycles. The predicted octanol–water partition coefficient (Wildman–Crippen LogP) is 0.581. The maximum absolute atomic E-state index is 11.3. The number of nitrogens with zero attached hydrogens (tertiary/aromatic N) is 3. The van der Waals surface area contributed by atoms with Gasteiger partial charge >= 0.3 is 5.97 Å². The molecule has 0 radical (unpaired) electrons. The van der Waals surface area contributed by atoms with Crippen molar-refractivity contribution in [3.8, 4) is 0 Å². The summed E-state index contributed by atoms with van der Waals surface area (Å²) in [5.41, 5.74) is 1.46. The van der Waals surface area contributed by atoms with E-state index in [-0.39, 0.29) is 12.8 Å². The molecule has 0 aliphatic heterocycles. The molecule has 8 heteroatoms. The molecule has 0 spiro atoms. The third kappa shape index (κ3) is 2.96. The van der Waals surface area contributed by atoms with Gasteiger partial charge in [0.05, 0.1) is 6.42 Å². The number of aromatic nitrogens is 2. The molecule has 0 aliphatic rings. The first kappa shape index (κ1) is 10.9. The molecule has 14 heavy (non-hydrogen) atoms. The molecule has 1 aromatic heterocycles. The number of carbonyl (C=O) groups is 2. The van der Waals surface area contributed by atoms with Gasteiger partial charge in [0, 0.05) is 6.42 Å². The highest BCUT2D eigenvalue weighted by Crippen LogP contribution is 2.18.